The molecule has 9 N–H and O–H groups in total. The van der Waals surface area contributed by atoms with Crippen molar-refractivity contribution in [1.29, 1.82) is 0 Å². The Kier molecular flexibility index (Phi) is 22.4. The maximum Gasteiger partial charge on any atom is 0.316 e. The monoisotopic (exact) mass is 806 g/mol. The minimum Gasteiger partial charge on any atom is -0.465 e. The molecule has 3 saturated heterocycles. The number of unbranched alkanes of at least 4 members (excludes halogenated alkanes) is 12. The van der Waals surface area contributed by atoms with Crippen LogP contribution in [0.15, 0.2) is 12.2 Å². The SMILES string of the molecule is CCC1C=CCC[C@]2(C[C@@H]3CCC4C(C(=O)OCCCCCCCCCCCCCCCC(=O)N(CCCN)C[C@H](O)CCN)C(CCC[C@H](C)O)NC(N2)[NH+]43)O1. The van der Waals surface area contributed by atoms with E-state index in [9.17, 15) is 19.8 Å². The number of carbonyl (C=O) groups excluding carboxylic acids is 2. The smallest absolute Gasteiger partial charge is 0.316 e. The zero-order valence-electron chi connectivity index (χ0n) is 36.1. The van der Waals surface area contributed by atoms with Crippen molar-refractivity contribution >= 4 is 11.9 Å². The molecule has 4 heterocycles. The molecule has 4 aliphatic heterocycles. The molecule has 10 atom stereocenters. The number of ether oxygens (including phenoxy) is 2. The average molecular weight is 806 g/mol. The van der Waals surface area contributed by atoms with Gasteiger partial charge in [0.25, 0.3) is 0 Å². The predicted molar refractivity (Wildman–Crippen MR) is 227 cm³/mol. The molecule has 0 saturated carbocycles. The minimum atomic E-state index is -0.564. The Morgan fingerprint density at radius 1 is 0.930 bits per heavy atom. The number of nitrogens with one attached hydrogen (secondary N) is 3. The molecule has 0 radical (unpaired) electrons. The van der Waals surface area contributed by atoms with Crippen molar-refractivity contribution in [2.75, 3.05) is 32.8 Å². The minimum absolute atomic E-state index is 0.0226. The second-order valence-electron chi connectivity index (χ2n) is 18.0. The first-order valence-corrected chi connectivity index (χ1v) is 23.7. The van der Waals surface area contributed by atoms with Crippen molar-refractivity contribution in [2.45, 2.75) is 223 Å². The zero-order chi connectivity index (χ0) is 40.9. The van der Waals surface area contributed by atoms with Crippen molar-refractivity contribution < 1.29 is 34.2 Å². The third kappa shape index (κ3) is 16.1. The van der Waals surface area contributed by atoms with Crippen LogP contribution in [-0.4, -0.2) is 108 Å². The van der Waals surface area contributed by atoms with Crippen LogP contribution in [0.25, 0.3) is 0 Å². The number of carbonyl (C=O) groups is 2. The lowest BCUT2D eigenvalue weighted by Gasteiger charge is -2.53. The lowest BCUT2D eigenvalue weighted by atomic mass is 9.84. The molecule has 330 valence electrons. The van der Waals surface area contributed by atoms with Crippen LogP contribution in [0.1, 0.15) is 174 Å². The van der Waals surface area contributed by atoms with Crippen molar-refractivity contribution in [1.82, 2.24) is 15.5 Å². The van der Waals surface area contributed by atoms with Gasteiger partial charge in [-0.1, -0.05) is 89.7 Å². The van der Waals surface area contributed by atoms with Gasteiger partial charge in [0, 0.05) is 44.8 Å². The topological polar surface area (TPSA) is 177 Å². The van der Waals surface area contributed by atoms with E-state index in [0.29, 0.717) is 51.7 Å². The number of hydrogen-bond acceptors (Lipinski definition) is 10. The second kappa shape index (κ2) is 26.5. The van der Waals surface area contributed by atoms with Crippen LogP contribution in [-0.2, 0) is 19.1 Å². The molecular formula is C45H85N6O6+. The third-order valence-electron chi connectivity index (χ3n) is 13.2. The van der Waals surface area contributed by atoms with Gasteiger partial charge in [0.05, 0.1) is 31.0 Å². The maximum atomic E-state index is 13.8. The molecular weight excluding hydrogens is 721 g/mol. The lowest BCUT2D eigenvalue weighted by molar-refractivity contribution is -0.982. The molecule has 4 rings (SSSR count). The van der Waals surface area contributed by atoms with Crippen molar-refractivity contribution in [3.05, 3.63) is 12.2 Å². The zero-order valence-corrected chi connectivity index (χ0v) is 36.1. The molecule has 12 heteroatoms. The molecule has 0 aromatic carbocycles. The summed E-state index contributed by atoms with van der Waals surface area (Å²) in [5.41, 5.74) is 10.9. The van der Waals surface area contributed by atoms with Crippen molar-refractivity contribution in [3.8, 4) is 0 Å². The van der Waals surface area contributed by atoms with Crippen molar-refractivity contribution in [3.63, 3.8) is 0 Å². The van der Waals surface area contributed by atoms with Crippen LogP contribution in [0.4, 0.5) is 0 Å². The first-order valence-electron chi connectivity index (χ1n) is 23.7. The molecule has 0 aliphatic carbocycles. The summed E-state index contributed by atoms with van der Waals surface area (Å²) >= 11 is 0. The summed E-state index contributed by atoms with van der Waals surface area (Å²) < 4.78 is 12.8. The van der Waals surface area contributed by atoms with Gasteiger partial charge in [-0.3, -0.25) is 14.9 Å². The summed E-state index contributed by atoms with van der Waals surface area (Å²) in [7, 11) is 0. The Labute approximate surface area is 346 Å². The molecule has 3 fully saturated rings. The van der Waals surface area contributed by atoms with Crippen LogP contribution in [0, 0.1) is 5.92 Å². The number of hydrogen-bond donors (Lipinski definition) is 7. The van der Waals surface area contributed by atoms with E-state index in [1.54, 1.807) is 4.90 Å². The Balaban J connectivity index is 1.06. The van der Waals surface area contributed by atoms with Gasteiger partial charge < -0.3 is 41.0 Å². The van der Waals surface area contributed by atoms with E-state index in [1.165, 1.54) is 62.7 Å². The highest BCUT2D eigenvalue weighted by Gasteiger charge is 2.61. The van der Waals surface area contributed by atoms with Crippen LogP contribution < -0.4 is 27.0 Å². The summed E-state index contributed by atoms with van der Waals surface area (Å²) in [5, 5.41) is 28.0. The highest BCUT2D eigenvalue weighted by atomic mass is 16.5. The highest BCUT2D eigenvalue weighted by Crippen LogP contribution is 2.35. The summed E-state index contributed by atoms with van der Waals surface area (Å²) in [5.74, 6) is -0.0733. The molecule has 0 aromatic heterocycles. The van der Waals surface area contributed by atoms with Gasteiger partial charge in [-0.15, -0.1) is 0 Å². The van der Waals surface area contributed by atoms with Gasteiger partial charge >= 0.3 is 5.97 Å². The largest absolute Gasteiger partial charge is 0.465 e. The normalized spacial score (nSPS) is 29.2. The average Bonchev–Trinajstić information content (AvgIpc) is 3.50. The number of amides is 1. The van der Waals surface area contributed by atoms with E-state index in [4.69, 9.17) is 20.9 Å². The standard InChI is InChI=1S/C45H84N6O6/c1-3-38-22-16-17-28-45(57-38)33-36-25-26-40-42(39(23-19-21-35(2)52)48-44(49-45)51(36)40)43(55)56-32-18-14-12-10-8-6-4-5-7-9-11-13-15-24-41(54)50(31-20-29-46)34-37(53)27-30-47/h16,22,35-40,42,44,48-49,52-53H,3-15,17-21,23-34,46-47H2,1-2H3/p+1/t35-,36-,37+,38?,39?,40?,42?,44?,45+/m0/s1. The van der Waals surface area contributed by atoms with E-state index < -0.39 is 6.10 Å². The number of nitrogens with two attached hydrogens (primary N) is 2. The lowest BCUT2D eigenvalue weighted by Crippen LogP contribution is -3.28. The highest BCUT2D eigenvalue weighted by molar-refractivity contribution is 5.76. The van der Waals surface area contributed by atoms with Crippen LogP contribution in [0.2, 0.25) is 0 Å². The number of aliphatic hydroxyl groups excluding tert-OH is 2. The van der Waals surface area contributed by atoms with Crippen LogP contribution >= 0.6 is 0 Å². The number of quaternary nitrogens is 1. The fourth-order valence-corrected chi connectivity index (χ4v) is 10.2. The Morgan fingerprint density at radius 2 is 1.61 bits per heavy atom. The van der Waals surface area contributed by atoms with Gasteiger partial charge in [-0.25, -0.2) is 5.32 Å². The second-order valence-corrected chi connectivity index (χ2v) is 18.0. The number of aliphatic hydroxyl groups is 2. The van der Waals surface area contributed by atoms with Crippen LogP contribution in [0.3, 0.4) is 0 Å². The van der Waals surface area contributed by atoms with Gasteiger partial charge in [0.1, 0.15) is 17.7 Å². The number of allylic oxidation sites excluding steroid dienone is 1. The molecule has 0 aromatic rings. The quantitative estimate of drug-likeness (QED) is 0.0323. The molecule has 12 nitrogen and oxygen atoms in total. The number of nitrogens with zero attached hydrogens (tertiary/aromatic N) is 1. The predicted octanol–water partition coefficient (Wildman–Crippen LogP) is 4.55. The Morgan fingerprint density at radius 3 is 2.26 bits per heavy atom. The van der Waals surface area contributed by atoms with Gasteiger partial charge in [-0.05, 0) is 84.2 Å². The molecule has 1 spiro atoms. The number of esters is 1. The Bertz CT molecular complexity index is 1160. The fraction of sp³-hybridized carbons (Fsp3) is 0.911. The molecule has 4 aliphatic rings. The fourth-order valence-electron chi connectivity index (χ4n) is 10.2. The molecule has 6 unspecified atom stereocenters. The van der Waals surface area contributed by atoms with E-state index in [1.807, 2.05) is 6.92 Å². The maximum absolute atomic E-state index is 13.8. The molecule has 57 heavy (non-hydrogen) atoms. The van der Waals surface area contributed by atoms with E-state index in [0.717, 1.165) is 89.9 Å². The molecule has 1 amide bonds. The van der Waals surface area contributed by atoms with E-state index >= 15 is 0 Å². The van der Waals surface area contributed by atoms with E-state index in [-0.39, 0.29) is 54.1 Å². The summed E-state index contributed by atoms with van der Waals surface area (Å²) in [4.78, 5) is 29.8. The molecule has 0 bridgehead atoms. The Hall–Kier alpha value is -1.64. The van der Waals surface area contributed by atoms with Crippen LogP contribution in [0.5, 0.6) is 0 Å². The van der Waals surface area contributed by atoms with Gasteiger partial charge in [0.2, 0.25) is 12.2 Å². The number of rotatable bonds is 29. The van der Waals surface area contributed by atoms with Gasteiger partial charge in [0.15, 0.2) is 0 Å². The summed E-state index contributed by atoms with van der Waals surface area (Å²) in [6, 6.07) is 0.729. The van der Waals surface area contributed by atoms with Crippen molar-refractivity contribution in [2.24, 2.45) is 17.4 Å². The first kappa shape index (κ1) is 48.0. The first-order chi connectivity index (χ1) is 27.7. The third-order valence-corrected chi connectivity index (χ3v) is 13.2. The van der Waals surface area contributed by atoms with E-state index in [2.05, 4.69) is 29.7 Å². The summed E-state index contributed by atoms with van der Waals surface area (Å²) in [6.45, 7) is 6.46. The summed E-state index contributed by atoms with van der Waals surface area (Å²) in [6.07, 6.45) is 29.4. The van der Waals surface area contributed by atoms with Gasteiger partial charge in [-0.2, -0.15) is 0 Å².